The summed E-state index contributed by atoms with van der Waals surface area (Å²) in [4.78, 5) is 20.1. The Kier molecular flexibility index (Phi) is 5.90. The number of imidazole rings is 1. The summed E-state index contributed by atoms with van der Waals surface area (Å²) in [6.07, 6.45) is 6.66. The standard InChI is InChI=1S/C27H33N3O2/c1-19-12-13-20(2)25(16-19)32-15-14-29-24-11-7-6-10-23(24)28-27(29)21-17-26(31)30(18-21)22-8-4-3-5-9-22/h6-7,10-13,16,21-22H,3-5,8-9,14-15,17-18H2,1-2H3. The summed E-state index contributed by atoms with van der Waals surface area (Å²) in [7, 11) is 0. The third kappa shape index (κ3) is 4.13. The monoisotopic (exact) mass is 431 g/mol. The van der Waals surface area contributed by atoms with Crippen LogP contribution in [0.4, 0.5) is 0 Å². The Labute approximate surface area is 190 Å². The maximum atomic E-state index is 12.9. The van der Waals surface area contributed by atoms with Gasteiger partial charge < -0.3 is 14.2 Å². The molecule has 168 valence electrons. The molecule has 1 aliphatic heterocycles. The molecule has 0 spiro atoms. The highest BCUT2D eigenvalue weighted by Crippen LogP contribution is 2.34. The number of hydrogen-bond acceptors (Lipinski definition) is 3. The lowest BCUT2D eigenvalue weighted by molar-refractivity contribution is -0.130. The van der Waals surface area contributed by atoms with Crippen LogP contribution >= 0.6 is 0 Å². The van der Waals surface area contributed by atoms with Gasteiger partial charge in [0.1, 0.15) is 18.2 Å². The van der Waals surface area contributed by atoms with Gasteiger partial charge in [-0.15, -0.1) is 0 Å². The summed E-state index contributed by atoms with van der Waals surface area (Å²) in [5.74, 6) is 2.42. The number of rotatable bonds is 6. The number of ether oxygens (including phenoxy) is 1. The normalized spacial score (nSPS) is 19.8. The highest BCUT2D eigenvalue weighted by molar-refractivity contribution is 5.81. The lowest BCUT2D eigenvalue weighted by atomic mass is 9.94. The van der Waals surface area contributed by atoms with Crippen molar-refractivity contribution in [3.05, 3.63) is 59.4 Å². The Bertz CT molecular complexity index is 1110. The fourth-order valence-corrected chi connectivity index (χ4v) is 5.40. The lowest BCUT2D eigenvalue weighted by Gasteiger charge is -2.31. The SMILES string of the molecule is Cc1ccc(C)c(OCCn2c(C3CC(=O)N(C4CCCCC4)C3)nc3ccccc32)c1. The molecular weight excluding hydrogens is 398 g/mol. The van der Waals surface area contributed by atoms with Gasteiger partial charge in [-0.2, -0.15) is 0 Å². The first kappa shape index (κ1) is 21.0. The van der Waals surface area contributed by atoms with Gasteiger partial charge in [-0.05, 0) is 56.0 Å². The van der Waals surface area contributed by atoms with E-state index in [-0.39, 0.29) is 5.92 Å². The van der Waals surface area contributed by atoms with Crippen LogP contribution in [0.2, 0.25) is 0 Å². The van der Waals surface area contributed by atoms with Crippen LogP contribution in [0.1, 0.15) is 61.4 Å². The van der Waals surface area contributed by atoms with Crippen molar-refractivity contribution in [2.24, 2.45) is 0 Å². The zero-order valence-electron chi connectivity index (χ0n) is 19.2. The molecule has 0 bridgehead atoms. The number of aryl methyl sites for hydroxylation is 2. The molecule has 0 N–H and O–H groups in total. The molecule has 3 aromatic rings. The van der Waals surface area contributed by atoms with Crippen LogP contribution in [-0.2, 0) is 11.3 Å². The molecule has 5 rings (SSSR count). The van der Waals surface area contributed by atoms with Crippen molar-refractivity contribution >= 4 is 16.9 Å². The van der Waals surface area contributed by atoms with Crippen LogP contribution in [0.3, 0.4) is 0 Å². The van der Waals surface area contributed by atoms with Crippen LogP contribution in [-0.4, -0.2) is 39.6 Å². The van der Waals surface area contributed by atoms with Crippen molar-refractivity contribution < 1.29 is 9.53 Å². The zero-order chi connectivity index (χ0) is 22.1. The number of hydrogen-bond donors (Lipinski definition) is 0. The third-order valence-corrected chi connectivity index (χ3v) is 7.14. The van der Waals surface area contributed by atoms with E-state index in [0.29, 0.717) is 25.0 Å². The van der Waals surface area contributed by atoms with Crippen molar-refractivity contribution in [2.75, 3.05) is 13.2 Å². The van der Waals surface area contributed by atoms with Crippen molar-refractivity contribution in [1.29, 1.82) is 0 Å². The third-order valence-electron chi connectivity index (χ3n) is 7.14. The van der Waals surface area contributed by atoms with Crippen LogP contribution in [0.5, 0.6) is 5.75 Å². The molecule has 1 unspecified atom stereocenters. The highest BCUT2D eigenvalue weighted by atomic mass is 16.5. The number of carbonyl (C=O) groups excluding carboxylic acids is 1. The van der Waals surface area contributed by atoms with Crippen LogP contribution in [0, 0.1) is 13.8 Å². The average Bonchev–Trinajstić information content (AvgIpc) is 3.37. The van der Waals surface area contributed by atoms with Crippen molar-refractivity contribution in [3.63, 3.8) is 0 Å². The minimum Gasteiger partial charge on any atom is -0.491 e. The van der Waals surface area contributed by atoms with E-state index in [1.54, 1.807) is 0 Å². The van der Waals surface area contributed by atoms with E-state index in [2.05, 4.69) is 59.7 Å². The number of para-hydroxylation sites is 2. The fraction of sp³-hybridized carbons (Fsp3) is 0.481. The summed E-state index contributed by atoms with van der Waals surface area (Å²) in [6, 6.07) is 15.0. The molecule has 1 aromatic heterocycles. The smallest absolute Gasteiger partial charge is 0.223 e. The zero-order valence-corrected chi connectivity index (χ0v) is 19.2. The number of amides is 1. The molecular formula is C27H33N3O2. The second kappa shape index (κ2) is 8.97. The second-order valence-corrected chi connectivity index (χ2v) is 9.47. The molecule has 2 aliphatic rings. The molecule has 2 heterocycles. The molecule has 1 saturated heterocycles. The minimum absolute atomic E-state index is 0.150. The van der Waals surface area contributed by atoms with Crippen molar-refractivity contribution in [2.45, 2.75) is 70.9 Å². The molecule has 32 heavy (non-hydrogen) atoms. The van der Waals surface area contributed by atoms with Gasteiger partial charge >= 0.3 is 0 Å². The molecule has 5 heteroatoms. The van der Waals surface area contributed by atoms with Gasteiger partial charge in [0.05, 0.1) is 17.6 Å². The summed E-state index contributed by atoms with van der Waals surface area (Å²) < 4.78 is 8.45. The highest BCUT2D eigenvalue weighted by Gasteiger charge is 2.37. The van der Waals surface area contributed by atoms with E-state index >= 15 is 0 Å². The van der Waals surface area contributed by atoms with Gasteiger partial charge in [0.2, 0.25) is 5.91 Å². The van der Waals surface area contributed by atoms with E-state index in [0.717, 1.165) is 54.1 Å². The number of carbonyl (C=O) groups is 1. The van der Waals surface area contributed by atoms with E-state index in [1.165, 1.54) is 24.8 Å². The molecule has 1 amide bonds. The average molecular weight is 432 g/mol. The summed E-state index contributed by atoms with van der Waals surface area (Å²) in [6.45, 7) is 6.26. The molecule has 1 atom stereocenters. The Morgan fingerprint density at radius 3 is 2.72 bits per heavy atom. The maximum Gasteiger partial charge on any atom is 0.223 e. The van der Waals surface area contributed by atoms with Gasteiger partial charge in [0.25, 0.3) is 0 Å². The maximum absolute atomic E-state index is 12.9. The molecule has 1 saturated carbocycles. The minimum atomic E-state index is 0.150. The lowest BCUT2D eigenvalue weighted by Crippen LogP contribution is -2.37. The molecule has 0 radical (unpaired) electrons. The Morgan fingerprint density at radius 2 is 1.88 bits per heavy atom. The van der Waals surface area contributed by atoms with Crippen LogP contribution in [0.15, 0.2) is 42.5 Å². The van der Waals surface area contributed by atoms with Crippen LogP contribution < -0.4 is 4.74 Å². The van der Waals surface area contributed by atoms with Crippen LogP contribution in [0.25, 0.3) is 11.0 Å². The first-order valence-corrected chi connectivity index (χ1v) is 12.0. The summed E-state index contributed by atoms with van der Waals surface area (Å²) >= 11 is 0. The second-order valence-electron chi connectivity index (χ2n) is 9.47. The first-order chi connectivity index (χ1) is 15.6. The van der Waals surface area contributed by atoms with Gasteiger partial charge in [-0.3, -0.25) is 4.79 Å². The Morgan fingerprint density at radius 1 is 1.06 bits per heavy atom. The van der Waals surface area contributed by atoms with E-state index < -0.39 is 0 Å². The van der Waals surface area contributed by atoms with E-state index in [9.17, 15) is 4.79 Å². The number of nitrogens with zero attached hydrogens (tertiary/aromatic N) is 3. The number of benzene rings is 2. The first-order valence-electron chi connectivity index (χ1n) is 12.0. The predicted octanol–water partition coefficient (Wildman–Crippen LogP) is 5.38. The van der Waals surface area contributed by atoms with Gasteiger partial charge in [0.15, 0.2) is 0 Å². The summed E-state index contributed by atoms with van der Waals surface area (Å²) in [5, 5.41) is 0. The largest absolute Gasteiger partial charge is 0.491 e. The quantitative estimate of drug-likeness (QED) is 0.526. The van der Waals surface area contributed by atoms with Gasteiger partial charge in [-0.25, -0.2) is 4.98 Å². The molecule has 1 aliphatic carbocycles. The molecule has 5 nitrogen and oxygen atoms in total. The summed E-state index contributed by atoms with van der Waals surface area (Å²) in [5.41, 5.74) is 4.47. The molecule has 2 aromatic carbocycles. The Balaban J connectivity index is 1.37. The number of fused-ring (bicyclic) bond motifs is 1. The molecule has 2 fully saturated rings. The van der Waals surface area contributed by atoms with Crippen molar-refractivity contribution in [1.82, 2.24) is 14.5 Å². The Hall–Kier alpha value is -2.82. The van der Waals surface area contributed by atoms with E-state index in [1.807, 2.05) is 6.07 Å². The number of aromatic nitrogens is 2. The van der Waals surface area contributed by atoms with Gasteiger partial charge in [-0.1, -0.05) is 43.5 Å². The topological polar surface area (TPSA) is 47.4 Å². The van der Waals surface area contributed by atoms with E-state index in [4.69, 9.17) is 9.72 Å². The van der Waals surface area contributed by atoms with Crippen molar-refractivity contribution in [3.8, 4) is 5.75 Å². The predicted molar refractivity (Wildman–Crippen MR) is 127 cm³/mol. The fourth-order valence-electron chi connectivity index (χ4n) is 5.40. The van der Waals surface area contributed by atoms with Gasteiger partial charge in [0, 0.05) is 24.9 Å². The number of likely N-dealkylation sites (tertiary alicyclic amines) is 1.